The molecule has 0 bridgehead atoms. The second kappa shape index (κ2) is 9.74. The maximum atomic E-state index is 12.5. The van der Waals surface area contributed by atoms with E-state index in [1.54, 1.807) is 36.2 Å². The maximum absolute atomic E-state index is 12.5. The smallest absolute Gasteiger partial charge is 0.254 e. The number of aldehydes is 1. The van der Waals surface area contributed by atoms with Gasteiger partial charge in [0.15, 0.2) is 6.29 Å². The summed E-state index contributed by atoms with van der Waals surface area (Å²) in [4.78, 5) is 27.7. The van der Waals surface area contributed by atoms with Gasteiger partial charge in [0, 0.05) is 32.2 Å². The van der Waals surface area contributed by atoms with Crippen LogP contribution in [0.25, 0.3) is 0 Å². The molecule has 0 atom stereocenters. The Balaban J connectivity index is 1.85. The van der Waals surface area contributed by atoms with Gasteiger partial charge in [-0.15, -0.1) is 0 Å². The lowest BCUT2D eigenvalue weighted by atomic mass is 10.1. The summed E-state index contributed by atoms with van der Waals surface area (Å²) in [6, 6.07) is 17.3. The number of benzene rings is 2. The molecule has 132 valence electrons. The van der Waals surface area contributed by atoms with Crippen molar-refractivity contribution in [2.24, 2.45) is 0 Å². The van der Waals surface area contributed by atoms with Gasteiger partial charge in [0.05, 0.1) is 5.56 Å². The van der Waals surface area contributed by atoms with E-state index in [1.165, 1.54) is 5.56 Å². The van der Waals surface area contributed by atoms with Crippen molar-refractivity contribution in [3.8, 4) is 0 Å². The Bertz CT molecular complexity index is 685. The summed E-state index contributed by atoms with van der Waals surface area (Å²) in [6.45, 7) is 5.64. The summed E-state index contributed by atoms with van der Waals surface area (Å²) >= 11 is 0. The predicted molar refractivity (Wildman–Crippen MR) is 101 cm³/mol. The zero-order valence-electron chi connectivity index (χ0n) is 15.0. The van der Waals surface area contributed by atoms with Gasteiger partial charge in [0.2, 0.25) is 0 Å². The Kier molecular flexibility index (Phi) is 7.36. The molecule has 0 saturated heterocycles. The number of hydrogen-bond acceptors (Lipinski definition) is 3. The Morgan fingerprint density at radius 3 is 2.36 bits per heavy atom. The minimum absolute atomic E-state index is 0.103. The first-order valence-electron chi connectivity index (χ1n) is 8.71. The van der Waals surface area contributed by atoms with Crippen LogP contribution in [0.5, 0.6) is 0 Å². The molecule has 1 amide bonds. The summed E-state index contributed by atoms with van der Waals surface area (Å²) in [7, 11) is 1.79. The normalized spacial score (nSPS) is 10.7. The molecule has 2 aromatic carbocycles. The molecule has 0 N–H and O–H groups in total. The van der Waals surface area contributed by atoms with Crippen molar-refractivity contribution in [3.63, 3.8) is 0 Å². The minimum atomic E-state index is -0.103. The fourth-order valence-corrected chi connectivity index (χ4v) is 2.82. The van der Waals surface area contributed by atoms with Crippen LogP contribution in [-0.4, -0.2) is 48.7 Å². The van der Waals surface area contributed by atoms with Crippen LogP contribution in [0, 0.1) is 0 Å². The number of hydrogen-bond donors (Lipinski definition) is 0. The van der Waals surface area contributed by atoms with Crippen LogP contribution in [0.3, 0.4) is 0 Å². The fourth-order valence-electron chi connectivity index (χ4n) is 2.82. The standard InChI is InChI=1S/C21H26N2O2/c1-3-23(16-18-10-5-4-6-11-18)15-9-14-22(2)21(25)20-13-8-7-12-19(20)17-24/h4-8,10-13,17H,3,9,14-16H2,1-2H3. The molecule has 0 heterocycles. The van der Waals surface area contributed by atoms with Crippen molar-refractivity contribution >= 4 is 12.2 Å². The summed E-state index contributed by atoms with van der Waals surface area (Å²) in [5, 5.41) is 0. The summed E-state index contributed by atoms with van der Waals surface area (Å²) in [6.07, 6.45) is 1.63. The van der Waals surface area contributed by atoms with E-state index in [9.17, 15) is 9.59 Å². The van der Waals surface area contributed by atoms with Crippen LogP contribution >= 0.6 is 0 Å². The molecule has 4 nitrogen and oxygen atoms in total. The molecule has 25 heavy (non-hydrogen) atoms. The van der Waals surface area contributed by atoms with E-state index >= 15 is 0 Å². The van der Waals surface area contributed by atoms with Gasteiger partial charge in [-0.25, -0.2) is 0 Å². The predicted octanol–water partition coefficient (Wildman–Crippen LogP) is 3.48. The average molecular weight is 338 g/mol. The van der Waals surface area contributed by atoms with Crippen LogP contribution in [0.4, 0.5) is 0 Å². The van der Waals surface area contributed by atoms with Gasteiger partial charge in [0.1, 0.15) is 0 Å². The first kappa shape index (κ1) is 18.9. The molecule has 0 spiro atoms. The highest BCUT2D eigenvalue weighted by Crippen LogP contribution is 2.10. The number of rotatable bonds is 9. The van der Waals surface area contributed by atoms with Crippen molar-refractivity contribution in [2.75, 3.05) is 26.7 Å². The lowest BCUT2D eigenvalue weighted by Gasteiger charge is -2.23. The van der Waals surface area contributed by atoms with Crippen molar-refractivity contribution in [1.29, 1.82) is 0 Å². The van der Waals surface area contributed by atoms with E-state index in [1.807, 2.05) is 6.07 Å². The molecule has 0 unspecified atom stereocenters. The van der Waals surface area contributed by atoms with Gasteiger partial charge < -0.3 is 4.90 Å². The fraction of sp³-hybridized carbons (Fsp3) is 0.333. The average Bonchev–Trinajstić information content (AvgIpc) is 2.67. The minimum Gasteiger partial charge on any atom is -0.342 e. The molecule has 0 aliphatic heterocycles. The highest BCUT2D eigenvalue weighted by atomic mass is 16.2. The Morgan fingerprint density at radius 2 is 1.68 bits per heavy atom. The second-order valence-electron chi connectivity index (χ2n) is 6.14. The third kappa shape index (κ3) is 5.54. The monoisotopic (exact) mass is 338 g/mol. The number of nitrogens with zero attached hydrogens (tertiary/aromatic N) is 2. The van der Waals surface area contributed by atoms with Crippen LogP contribution in [0.15, 0.2) is 54.6 Å². The lowest BCUT2D eigenvalue weighted by molar-refractivity contribution is 0.0785. The van der Waals surface area contributed by atoms with Crippen molar-refractivity contribution < 1.29 is 9.59 Å². The SMILES string of the molecule is CCN(CCCN(C)C(=O)c1ccccc1C=O)Cc1ccccc1. The molecule has 2 rings (SSSR count). The molecular formula is C21H26N2O2. The summed E-state index contributed by atoms with van der Waals surface area (Å²) < 4.78 is 0. The lowest BCUT2D eigenvalue weighted by Crippen LogP contribution is -2.32. The Morgan fingerprint density at radius 1 is 1.00 bits per heavy atom. The van der Waals surface area contributed by atoms with Gasteiger partial charge in [-0.05, 0) is 24.6 Å². The first-order valence-corrected chi connectivity index (χ1v) is 8.71. The molecule has 0 saturated carbocycles. The van der Waals surface area contributed by atoms with Crippen molar-refractivity contribution in [1.82, 2.24) is 9.80 Å². The zero-order valence-corrected chi connectivity index (χ0v) is 15.0. The molecule has 0 aliphatic rings. The van der Waals surface area contributed by atoms with Crippen LogP contribution in [-0.2, 0) is 6.54 Å². The molecule has 0 aliphatic carbocycles. The van der Waals surface area contributed by atoms with Crippen LogP contribution < -0.4 is 0 Å². The van der Waals surface area contributed by atoms with Gasteiger partial charge in [-0.1, -0.05) is 55.5 Å². The van der Waals surface area contributed by atoms with E-state index < -0.39 is 0 Å². The molecule has 0 aromatic heterocycles. The largest absolute Gasteiger partial charge is 0.342 e. The highest BCUT2D eigenvalue weighted by Gasteiger charge is 2.15. The van der Waals surface area contributed by atoms with E-state index in [4.69, 9.17) is 0 Å². The van der Waals surface area contributed by atoms with Crippen LogP contribution in [0.1, 0.15) is 39.6 Å². The first-order chi connectivity index (χ1) is 12.2. The van der Waals surface area contributed by atoms with Gasteiger partial charge in [-0.3, -0.25) is 14.5 Å². The number of carbonyl (C=O) groups excluding carboxylic acids is 2. The summed E-state index contributed by atoms with van der Waals surface area (Å²) in [5.74, 6) is -0.103. The van der Waals surface area contributed by atoms with E-state index in [0.29, 0.717) is 17.7 Å². The molecule has 4 heteroatoms. The molecule has 0 fully saturated rings. The second-order valence-corrected chi connectivity index (χ2v) is 6.14. The maximum Gasteiger partial charge on any atom is 0.254 e. The van der Waals surface area contributed by atoms with Gasteiger partial charge >= 0.3 is 0 Å². The highest BCUT2D eigenvalue weighted by molar-refractivity contribution is 6.01. The van der Waals surface area contributed by atoms with Crippen molar-refractivity contribution in [3.05, 3.63) is 71.3 Å². The van der Waals surface area contributed by atoms with Crippen LogP contribution in [0.2, 0.25) is 0 Å². The van der Waals surface area contributed by atoms with E-state index in [2.05, 4.69) is 36.1 Å². The van der Waals surface area contributed by atoms with E-state index in [-0.39, 0.29) is 5.91 Å². The van der Waals surface area contributed by atoms with Crippen molar-refractivity contribution in [2.45, 2.75) is 19.9 Å². The molecular weight excluding hydrogens is 312 g/mol. The topological polar surface area (TPSA) is 40.6 Å². The number of amides is 1. The third-order valence-corrected chi connectivity index (χ3v) is 4.33. The number of carbonyl (C=O) groups is 2. The Labute approximate surface area is 150 Å². The Hall–Kier alpha value is -2.46. The van der Waals surface area contributed by atoms with Gasteiger partial charge in [-0.2, -0.15) is 0 Å². The molecule has 2 aromatic rings. The quantitative estimate of drug-likeness (QED) is 0.657. The van der Waals surface area contributed by atoms with E-state index in [0.717, 1.165) is 32.3 Å². The molecule has 0 radical (unpaired) electrons. The zero-order chi connectivity index (χ0) is 18.1. The van der Waals surface area contributed by atoms with Gasteiger partial charge in [0.25, 0.3) is 5.91 Å². The third-order valence-electron chi connectivity index (χ3n) is 4.33. The summed E-state index contributed by atoms with van der Waals surface area (Å²) in [5.41, 5.74) is 2.21.